The number of unbranched alkanes of at least 4 members (excludes halogenated alkanes) is 21. The minimum atomic E-state index is -1.99. The summed E-state index contributed by atoms with van der Waals surface area (Å²) in [6.07, 6.45) is 62.5. The van der Waals surface area contributed by atoms with Crippen LogP contribution in [0.1, 0.15) is 239 Å². The van der Waals surface area contributed by atoms with Gasteiger partial charge in [-0.1, -0.05) is 269 Å². The Morgan fingerprint density at radius 2 is 0.686 bits per heavy atom. The maximum absolute atomic E-state index is 13.5. The minimum absolute atomic E-state index is 0.209. The molecule has 0 saturated carbocycles. The first-order valence-electron chi connectivity index (χ1n) is 39.1. The highest BCUT2D eigenvalue weighted by Crippen LogP contribution is 2.33. The summed E-state index contributed by atoms with van der Waals surface area (Å²) < 4.78 is 34.4. The molecule has 102 heavy (non-hydrogen) atoms. The number of carbonyl (C=O) groups is 1. The summed E-state index contributed by atoms with van der Waals surface area (Å²) in [5.74, 6) is -0.305. The van der Waals surface area contributed by atoms with E-state index in [2.05, 4.69) is 153 Å². The van der Waals surface area contributed by atoms with E-state index in [0.29, 0.717) is 12.8 Å². The second kappa shape index (κ2) is 61.8. The average Bonchev–Trinajstić information content (AvgIpc) is 0.778. The molecular formula is C83H137NO18. The van der Waals surface area contributed by atoms with Gasteiger partial charge in [-0.15, -0.1) is 0 Å². The fourth-order valence-corrected chi connectivity index (χ4v) is 12.1. The van der Waals surface area contributed by atoms with Crippen LogP contribution in [0.4, 0.5) is 0 Å². The van der Waals surface area contributed by atoms with Gasteiger partial charge >= 0.3 is 0 Å². The van der Waals surface area contributed by atoms with Crippen LogP contribution < -0.4 is 5.32 Å². The molecular weight excluding hydrogens is 1300 g/mol. The Balaban J connectivity index is 1.39. The Labute approximate surface area is 613 Å². The van der Waals surface area contributed by atoms with Crippen LogP contribution in [0.5, 0.6) is 0 Å². The molecule has 3 fully saturated rings. The van der Waals surface area contributed by atoms with Crippen molar-refractivity contribution in [2.45, 2.75) is 343 Å². The van der Waals surface area contributed by atoms with Gasteiger partial charge in [-0.25, -0.2) is 0 Å². The van der Waals surface area contributed by atoms with E-state index in [1.54, 1.807) is 6.08 Å². The third kappa shape index (κ3) is 41.5. The Hall–Kier alpha value is -4.33. The number of allylic oxidation sites excluding steroid dienone is 23. The monoisotopic (exact) mass is 1440 g/mol. The Morgan fingerprint density at radius 1 is 0.363 bits per heavy atom. The number of rotatable bonds is 59. The molecule has 0 spiro atoms. The highest BCUT2D eigenvalue weighted by molar-refractivity contribution is 5.76. The number of aliphatic hydroxyl groups excluding tert-OH is 11. The molecule has 3 saturated heterocycles. The lowest BCUT2D eigenvalue weighted by atomic mass is 9.96. The van der Waals surface area contributed by atoms with Gasteiger partial charge in [0.05, 0.1) is 38.6 Å². The van der Waals surface area contributed by atoms with Crippen molar-refractivity contribution < 1.29 is 89.4 Å². The SMILES string of the molecule is CC/C=C\C/C=C\C/C=C\C/C=C\C/C=C\C/C=C\C/C=C\C/C=C\C/C=C\C/C=C\CCCCCCCCC(=O)NC(COC1OC(CO)C(OC2OC(CO)C(OC3OC(CO)C(O)C(O)C3O)C(O)C2O)C(O)C1O)C(O)/C=C/CC/C=C/CCCCCCCCCCCCCCCC. The van der Waals surface area contributed by atoms with Crippen LogP contribution >= 0.6 is 0 Å². The molecule has 0 aliphatic carbocycles. The van der Waals surface area contributed by atoms with Crippen molar-refractivity contribution in [1.29, 1.82) is 0 Å². The number of amides is 1. The van der Waals surface area contributed by atoms with Crippen molar-refractivity contribution in [2.24, 2.45) is 0 Å². The fourth-order valence-electron chi connectivity index (χ4n) is 12.1. The van der Waals surface area contributed by atoms with Crippen LogP contribution in [0, 0.1) is 0 Å². The van der Waals surface area contributed by atoms with E-state index >= 15 is 0 Å². The third-order valence-electron chi connectivity index (χ3n) is 18.4. The van der Waals surface area contributed by atoms with E-state index in [-0.39, 0.29) is 18.9 Å². The molecule has 0 aromatic carbocycles. The van der Waals surface area contributed by atoms with Crippen molar-refractivity contribution in [1.82, 2.24) is 5.32 Å². The molecule has 582 valence electrons. The summed E-state index contributed by atoms with van der Waals surface area (Å²) in [4.78, 5) is 13.5. The van der Waals surface area contributed by atoms with Crippen molar-refractivity contribution in [3.05, 3.63) is 146 Å². The first kappa shape index (κ1) is 91.9. The third-order valence-corrected chi connectivity index (χ3v) is 18.4. The zero-order valence-corrected chi connectivity index (χ0v) is 62.0. The lowest BCUT2D eigenvalue weighted by Crippen LogP contribution is -2.66. The van der Waals surface area contributed by atoms with Gasteiger partial charge in [-0.3, -0.25) is 4.79 Å². The lowest BCUT2D eigenvalue weighted by Gasteiger charge is -2.48. The van der Waals surface area contributed by atoms with E-state index in [9.17, 15) is 61.0 Å². The van der Waals surface area contributed by atoms with Gasteiger partial charge in [0, 0.05) is 6.42 Å². The molecule has 0 radical (unpaired) electrons. The van der Waals surface area contributed by atoms with Crippen molar-refractivity contribution >= 4 is 5.91 Å². The van der Waals surface area contributed by atoms with E-state index in [4.69, 9.17) is 28.4 Å². The fraction of sp³-hybridized carbons (Fsp3) is 0.699. The minimum Gasteiger partial charge on any atom is -0.394 e. The molecule has 1 amide bonds. The van der Waals surface area contributed by atoms with Crippen LogP contribution in [0.25, 0.3) is 0 Å². The van der Waals surface area contributed by atoms with Crippen LogP contribution in [0.2, 0.25) is 0 Å². The van der Waals surface area contributed by atoms with Crippen molar-refractivity contribution in [3.63, 3.8) is 0 Å². The van der Waals surface area contributed by atoms with Gasteiger partial charge in [0.1, 0.15) is 73.2 Å². The van der Waals surface area contributed by atoms with E-state index < -0.39 is 124 Å². The lowest BCUT2D eigenvalue weighted by molar-refractivity contribution is -0.379. The number of ether oxygens (including phenoxy) is 6. The molecule has 19 heteroatoms. The van der Waals surface area contributed by atoms with Crippen LogP contribution in [-0.2, 0) is 33.2 Å². The van der Waals surface area contributed by atoms with Gasteiger partial charge < -0.3 is 89.9 Å². The number of hydrogen-bond acceptors (Lipinski definition) is 18. The second-order valence-electron chi connectivity index (χ2n) is 27.1. The van der Waals surface area contributed by atoms with E-state index in [1.165, 1.54) is 83.5 Å². The Bertz CT molecular complexity index is 2410. The van der Waals surface area contributed by atoms with Gasteiger partial charge in [0.25, 0.3) is 0 Å². The quantitative estimate of drug-likeness (QED) is 0.0199. The second-order valence-corrected chi connectivity index (χ2v) is 27.1. The summed E-state index contributed by atoms with van der Waals surface area (Å²) in [5, 5.41) is 121. The predicted octanol–water partition coefficient (Wildman–Crippen LogP) is 12.7. The number of hydrogen-bond donors (Lipinski definition) is 12. The summed E-state index contributed by atoms with van der Waals surface area (Å²) in [6.45, 7) is 1.58. The van der Waals surface area contributed by atoms with Crippen LogP contribution in [0.3, 0.4) is 0 Å². The van der Waals surface area contributed by atoms with Gasteiger partial charge in [0.2, 0.25) is 5.91 Å². The maximum Gasteiger partial charge on any atom is 0.220 e. The summed E-state index contributed by atoms with van der Waals surface area (Å²) in [7, 11) is 0. The van der Waals surface area contributed by atoms with Crippen LogP contribution in [-0.4, -0.2) is 193 Å². The topological polar surface area (TPSA) is 307 Å². The van der Waals surface area contributed by atoms with Gasteiger partial charge in [0.15, 0.2) is 18.9 Å². The smallest absolute Gasteiger partial charge is 0.220 e. The zero-order valence-electron chi connectivity index (χ0n) is 62.0. The number of nitrogens with one attached hydrogen (secondary N) is 1. The Kier molecular flexibility index (Phi) is 55.7. The maximum atomic E-state index is 13.5. The first-order valence-corrected chi connectivity index (χ1v) is 39.1. The largest absolute Gasteiger partial charge is 0.394 e. The molecule has 0 aromatic rings. The van der Waals surface area contributed by atoms with Gasteiger partial charge in [-0.2, -0.15) is 0 Å². The Morgan fingerprint density at radius 3 is 1.10 bits per heavy atom. The molecule has 3 aliphatic rings. The highest BCUT2D eigenvalue weighted by Gasteiger charge is 2.53. The van der Waals surface area contributed by atoms with Gasteiger partial charge in [-0.05, 0) is 109 Å². The summed E-state index contributed by atoms with van der Waals surface area (Å²) in [6, 6.07) is -1.01. The number of aliphatic hydroxyl groups is 11. The average molecular weight is 1440 g/mol. The summed E-state index contributed by atoms with van der Waals surface area (Å²) >= 11 is 0. The molecule has 0 aromatic heterocycles. The molecule has 3 heterocycles. The number of carbonyl (C=O) groups excluding carboxylic acids is 1. The molecule has 17 unspecified atom stereocenters. The molecule has 3 rings (SSSR count). The van der Waals surface area contributed by atoms with Crippen LogP contribution in [0.15, 0.2) is 146 Å². The van der Waals surface area contributed by atoms with E-state index in [1.807, 2.05) is 6.08 Å². The first-order chi connectivity index (χ1) is 49.8. The standard InChI is InChI=1S/C83H137NO18/c1-3-5-7-9-11-13-15-17-19-21-23-25-26-27-28-29-30-31-32-33-34-35-36-37-38-39-40-41-43-45-47-49-51-53-55-57-59-61-71(89)84-66(67(88)60-58-56-54-52-50-48-46-44-42-24-22-20-18-16-14-12-10-8-6-4-2)65-97-81-77(95)74(92)79(69(63-86)99-81)102-83-78(96)75(93)80(70(64-87)100-83)101-82-76(94)73(91)72(90)68(62-85)98-82/h5,7,11,13,17,19,23,25,27-28,30-31,33-34,36-37,39-40,43,45,50,52,58,60,66-70,72-83,85-88,90-96H,3-4,6,8-10,12,14-16,18,20-22,24,26,29,32,35,38,41-42,44,46-49,51,53-57,59,61-65H2,1-2H3,(H,84,89)/b7-5-,13-11-,19-17-,25-23-,28-27-,31-30-,34-33-,37-36-,40-39-,45-43-,52-50+,60-58+. The molecule has 19 nitrogen and oxygen atoms in total. The molecule has 17 atom stereocenters. The van der Waals surface area contributed by atoms with Crippen molar-refractivity contribution in [2.75, 3.05) is 26.4 Å². The molecule has 3 aliphatic heterocycles. The normalized spacial score (nSPS) is 27.0. The zero-order chi connectivity index (χ0) is 73.9. The predicted molar refractivity (Wildman–Crippen MR) is 406 cm³/mol. The summed E-state index contributed by atoms with van der Waals surface area (Å²) in [5.41, 5.74) is 0. The van der Waals surface area contributed by atoms with E-state index in [0.717, 1.165) is 122 Å². The molecule has 12 N–H and O–H groups in total. The highest BCUT2D eigenvalue weighted by atomic mass is 16.8. The molecule has 0 bridgehead atoms. The van der Waals surface area contributed by atoms with Crippen molar-refractivity contribution in [3.8, 4) is 0 Å².